The molecular formula is C20H28N4O3. The summed E-state index contributed by atoms with van der Waals surface area (Å²) in [6.07, 6.45) is 0.586. The highest BCUT2D eigenvalue weighted by molar-refractivity contribution is 5.74. The minimum atomic E-state index is -0.164. The fraction of sp³-hybridized carbons (Fsp3) is 0.450. The molecule has 0 fully saturated rings. The van der Waals surface area contributed by atoms with Crippen LogP contribution < -0.4 is 14.8 Å². The largest absolute Gasteiger partial charge is 0.497 e. The average Bonchev–Trinajstić information content (AvgIpc) is 2.65. The van der Waals surface area contributed by atoms with Crippen molar-refractivity contribution in [3.63, 3.8) is 0 Å². The third kappa shape index (κ3) is 5.32. The Balaban J connectivity index is 1.97. The summed E-state index contributed by atoms with van der Waals surface area (Å²) in [7, 11) is 4.97. The van der Waals surface area contributed by atoms with Crippen LogP contribution in [-0.4, -0.2) is 48.7 Å². The lowest BCUT2D eigenvalue weighted by molar-refractivity contribution is 0.193. The molecule has 7 heteroatoms. The second-order valence-electron chi connectivity index (χ2n) is 6.44. The van der Waals surface area contributed by atoms with Gasteiger partial charge in [0.25, 0.3) is 0 Å². The van der Waals surface area contributed by atoms with Gasteiger partial charge in [-0.3, -0.25) is 0 Å². The van der Waals surface area contributed by atoms with Gasteiger partial charge in [-0.25, -0.2) is 14.8 Å². The summed E-state index contributed by atoms with van der Waals surface area (Å²) >= 11 is 0. The predicted octanol–water partition coefficient (Wildman–Crippen LogP) is 3.06. The Kier molecular flexibility index (Phi) is 6.98. The molecule has 0 radical (unpaired) electrons. The molecule has 2 rings (SSSR count). The summed E-state index contributed by atoms with van der Waals surface area (Å²) in [5, 5.41) is 2.92. The number of amides is 2. The van der Waals surface area contributed by atoms with Crippen LogP contribution in [0.5, 0.6) is 11.5 Å². The lowest BCUT2D eigenvalue weighted by atomic mass is 10.1. The summed E-state index contributed by atoms with van der Waals surface area (Å²) in [4.78, 5) is 22.9. The van der Waals surface area contributed by atoms with Crippen molar-refractivity contribution in [2.45, 2.75) is 33.2 Å². The van der Waals surface area contributed by atoms with E-state index in [0.717, 1.165) is 22.8 Å². The summed E-state index contributed by atoms with van der Waals surface area (Å²) in [6.45, 7) is 6.30. The van der Waals surface area contributed by atoms with Crippen LogP contribution in [0.3, 0.4) is 0 Å². The van der Waals surface area contributed by atoms with Gasteiger partial charge in [-0.05, 0) is 39.0 Å². The number of urea groups is 1. The number of hydrogen-bond donors (Lipinski definition) is 1. The van der Waals surface area contributed by atoms with E-state index in [1.165, 1.54) is 0 Å². The molecule has 2 amide bonds. The monoisotopic (exact) mass is 372 g/mol. The topological polar surface area (TPSA) is 76.6 Å². The van der Waals surface area contributed by atoms with Crippen LogP contribution >= 0.6 is 0 Å². The Morgan fingerprint density at radius 1 is 1.15 bits per heavy atom. The molecule has 1 aromatic carbocycles. The normalized spacial score (nSPS) is 11.6. The molecule has 0 aliphatic carbocycles. The Morgan fingerprint density at radius 3 is 2.41 bits per heavy atom. The van der Waals surface area contributed by atoms with Gasteiger partial charge in [0, 0.05) is 43.0 Å². The van der Waals surface area contributed by atoms with Crippen LogP contribution in [-0.2, 0) is 6.42 Å². The van der Waals surface area contributed by atoms with Crippen molar-refractivity contribution in [2.75, 3.05) is 27.8 Å². The molecule has 0 saturated carbocycles. The second-order valence-corrected chi connectivity index (χ2v) is 6.44. The van der Waals surface area contributed by atoms with Gasteiger partial charge in [0.2, 0.25) is 0 Å². The Bertz CT molecular complexity index is 775. The molecule has 0 spiro atoms. The quantitative estimate of drug-likeness (QED) is 0.808. The third-order valence-electron chi connectivity index (χ3n) is 4.45. The fourth-order valence-electron chi connectivity index (χ4n) is 2.86. The molecule has 146 valence electrons. The molecule has 27 heavy (non-hydrogen) atoms. The van der Waals surface area contributed by atoms with Gasteiger partial charge in [-0.2, -0.15) is 0 Å². The number of benzene rings is 1. The first-order valence-corrected chi connectivity index (χ1v) is 8.89. The highest BCUT2D eigenvalue weighted by Crippen LogP contribution is 2.31. The summed E-state index contributed by atoms with van der Waals surface area (Å²) < 4.78 is 10.7. The lowest BCUT2D eigenvalue weighted by Crippen LogP contribution is -2.39. The summed E-state index contributed by atoms with van der Waals surface area (Å²) in [5.74, 6) is 2.13. The van der Waals surface area contributed by atoms with Gasteiger partial charge in [-0.15, -0.1) is 0 Å². The van der Waals surface area contributed by atoms with E-state index in [0.29, 0.717) is 24.5 Å². The van der Waals surface area contributed by atoms with Crippen LogP contribution in [0, 0.1) is 13.8 Å². The van der Waals surface area contributed by atoms with Gasteiger partial charge in [0.1, 0.15) is 17.3 Å². The van der Waals surface area contributed by atoms with Crippen LogP contribution in [0.25, 0.3) is 0 Å². The molecule has 0 aliphatic heterocycles. The molecule has 0 saturated heterocycles. The highest BCUT2D eigenvalue weighted by Gasteiger charge is 2.20. The number of aryl methyl sites for hydroxylation is 2. The van der Waals surface area contributed by atoms with Crippen molar-refractivity contribution in [3.8, 4) is 11.5 Å². The number of nitrogens with one attached hydrogen (secondary N) is 1. The van der Waals surface area contributed by atoms with Crippen molar-refractivity contribution >= 4 is 6.03 Å². The second kappa shape index (κ2) is 9.21. The number of rotatable bonds is 7. The minimum Gasteiger partial charge on any atom is -0.497 e. The molecule has 1 aromatic heterocycles. The number of methoxy groups -OCH3 is 2. The number of aromatic nitrogens is 2. The maximum Gasteiger partial charge on any atom is 0.317 e. The smallest absolute Gasteiger partial charge is 0.317 e. The Morgan fingerprint density at radius 2 is 1.81 bits per heavy atom. The van der Waals surface area contributed by atoms with Gasteiger partial charge in [0.15, 0.2) is 0 Å². The standard InChI is InChI=1S/C20H28N4O3/c1-13-11-14(2)23-19(22-13)9-10-21-20(25)24(4)15(3)17-8-7-16(26-5)12-18(17)27-6/h7-8,11-12,15H,9-10H2,1-6H3,(H,21,25)/t15-/m1/s1. The summed E-state index contributed by atoms with van der Waals surface area (Å²) in [5.41, 5.74) is 2.77. The molecule has 1 heterocycles. The molecule has 1 N–H and O–H groups in total. The fourth-order valence-corrected chi connectivity index (χ4v) is 2.86. The number of ether oxygens (including phenoxy) is 2. The maximum atomic E-state index is 12.5. The van der Waals surface area contributed by atoms with E-state index in [4.69, 9.17) is 9.47 Å². The first-order chi connectivity index (χ1) is 12.8. The Hall–Kier alpha value is -2.83. The Labute approximate surface area is 160 Å². The van der Waals surface area contributed by atoms with Crippen molar-refractivity contribution in [1.82, 2.24) is 20.2 Å². The van der Waals surface area contributed by atoms with E-state index < -0.39 is 0 Å². The van der Waals surface area contributed by atoms with Crippen LogP contribution in [0.1, 0.15) is 35.7 Å². The number of carbonyl (C=O) groups excluding carboxylic acids is 1. The number of hydrogen-bond acceptors (Lipinski definition) is 5. The number of carbonyl (C=O) groups is 1. The van der Waals surface area contributed by atoms with Crippen LogP contribution in [0.4, 0.5) is 4.79 Å². The SMILES string of the molecule is COc1ccc([C@@H](C)N(C)C(=O)NCCc2nc(C)cc(C)n2)c(OC)c1. The van der Waals surface area contributed by atoms with E-state index in [2.05, 4.69) is 15.3 Å². The highest BCUT2D eigenvalue weighted by atomic mass is 16.5. The van der Waals surface area contributed by atoms with Crippen molar-refractivity contribution in [2.24, 2.45) is 0 Å². The van der Waals surface area contributed by atoms with Crippen molar-refractivity contribution in [3.05, 3.63) is 47.0 Å². The predicted molar refractivity (Wildman–Crippen MR) is 104 cm³/mol. The van der Waals surface area contributed by atoms with Gasteiger partial charge in [0.05, 0.1) is 20.3 Å². The molecule has 0 unspecified atom stereocenters. The molecule has 7 nitrogen and oxygen atoms in total. The van der Waals surface area contributed by atoms with E-state index >= 15 is 0 Å². The minimum absolute atomic E-state index is 0.162. The van der Waals surface area contributed by atoms with E-state index in [1.54, 1.807) is 26.2 Å². The summed E-state index contributed by atoms with van der Waals surface area (Å²) in [6, 6.07) is 7.19. The third-order valence-corrected chi connectivity index (χ3v) is 4.45. The van der Waals surface area contributed by atoms with Gasteiger partial charge >= 0.3 is 6.03 Å². The first kappa shape index (κ1) is 20.5. The molecule has 2 aromatic rings. The molecule has 0 bridgehead atoms. The molecule has 1 atom stereocenters. The van der Waals surface area contributed by atoms with Crippen LogP contribution in [0.2, 0.25) is 0 Å². The first-order valence-electron chi connectivity index (χ1n) is 8.89. The average molecular weight is 372 g/mol. The van der Waals surface area contributed by atoms with Gasteiger partial charge < -0.3 is 19.7 Å². The van der Waals surface area contributed by atoms with Gasteiger partial charge in [-0.1, -0.05) is 0 Å². The zero-order valence-corrected chi connectivity index (χ0v) is 16.9. The number of nitrogens with zero attached hydrogens (tertiary/aromatic N) is 3. The van der Waals surface area contributed by atoms with E-state index in [9.17, 15) is 4.79 Å². The molecular weight excluding hydrogens is 344 g/mol. The zero-order valence-electron chi connectivity index (χ0n) is 16.9. The van der Waals surface area contributed by atoms with Crippen molar-refractivity contribution in [1.29, 1.82) is 0 Å². The maximum absolute atomic E-state index is 12.5. The zero-order chi connectivity index (χ0) is 20.0. The van der Waals surface area contributed by atoms with Crippen molar-refractivity contribution < 1.29 is 14.3 Å². The lowest BCUT2D eigenvalue weighted by Gasteiger charge is -2.27. The van der Waals surface area contributed by atoms with E-state index in [-0.39, 0.29) is 12.1 Å². The van der Waals surface area contributed by atoms with E-state index in [1.807, 2.05) is 45.0 Å². The van der Waals surface area contributed by atoms with Crippen LogP contribution in [0.15, 0.2) is 24.3 Å². The molecule has 0 aliphatic rings.